The van der Waals surface area contributed by atoms with Gasteiger partial charge in [0.2, 0.25) is 0 Å². The van der Waals surface area contributed by atoms with Crippen LogP contribution in [0.3, 0.4) is 0 Å². The fourth-order valence-corrected chi connectivity index (χ4v) is 2.48. The summed E-state index contributed by atoms with van der Waals surface area (Å²) in [7, 11) is 0. The number of nitrogens with one attached hydrogen (secondary N) is 3. The van der Waals surface area contributed by atoms with E-state index in [1.54, 1.807) is 24.3 Å². The van der Waals surface area contributed by atoms with E-state index in [1.807, 2.05) is 0 Å². The van der Waals surface area contributed by atoms with E-state index in [0.29, 0.717) is 21.8 Å². The molecular formula is C18H17ClFN3O2. The van der Waals surface area contributed by atoms with Crippen LogP contribution < -0.4 is 16.0 Å². The molecule has 1 aliphatic rings. The lowest BCUT2D eigenvalue weighted by atomic mass is 10.2. The van der Waals surface area contributed by atoms with E-state index in [9.17, 15) is 14.0 Å². The monoisotopic (exact) mass is 361 g/mol. The van der Waals surface area contributed by atoms with Crippen LogP contribution in [0.2, 0.25) is 5.02 Å². The lowest BCUT2D eigenvalue weighted by Gasteiger charge is -2.11. The van der Waals surface area contributed by atoms with Crippen molar-refractivity contribution in [2.45, 2.75) is 25.4 Å². The SMILES string of the molecule is O=C(NCc1cccc(F)c1)Nc1ccc(Cl)c(C(=O)NC2CC2)c1. The summed E-state index contributed by atoms with van der Waals surface area (Å²) in [5.41, 5.74) is 1.41. The molecule has 1 saturated carbocycles. The van der Waals surface area contributed by atoms with Crippen molar-refractivity contribution in [2.24, 2.45) is 0 Å². The first-order chi connectivity index (χ1) is 12.0. The topological polar surface area (TPSA) is 70.2 Å². The average Bonchev–Trinajstić information content (AvgIpc) is 3.39. The average molecular weight is 362 g/mol. The zero-order valence-electron chi connectivity index (χ0n) is 13.3. The fourth-order valence-electron chi connectivity index (χ4n) is 2.27. The molecule has 2 aromatic rings. The van der Waals surface area contributed by atoms with Crippen molar-refractivity contribution >= 4 is 29.2 Å². The van der Waals surface area contributed by atoms with Gasteiger partial charge in [0.15, 0.2) is 0 Å². The van der Waals surface area contributed by atoms with Gasteiger partial charge in [-0.3, -0.25) is 4.79 Å². The quantitative estimate of drug-likeness (QED) is 0.760. The van der Waals surface area contributed by atoms with Crippen LogP contribution in [0.5, 0.6) is 0 Å². The van der Waals surface area contributed by atoms with Crippen molar-refractivity contribution in [3.63, 3.8) is 0 Å². The Labute approximate surface area is 149 Å². The summed E-state index contributed by atoms with van der Waals surface area (Å²) in [5.74, 6) is -0.611. The van der Waals surface area contributed by atoms with Gasteiger partial charge in [-0.2, -0.15) is 0 Å². The fraction of sp³-hybridized carbons (Fsp3) is 0.222. The Bertz CT molecular complexity index is 809. The number of anilines is 1. The van der Waals surface area contributed by atoms with Crippen molar-refractivity contribution in [1.82, 2.24) is 10.6 Å². The molecule has 0 bridgehead atoms. The first-order valence-corrected chi connectivity index (χ1v) is 8.29. The lowest BCUT2D eigenvalue weighted by molar-refractivity contribution is 0.0951. The summed E-state index contributed by atoms with van der Waals surface area (Å²) in [6.45, 7) is 0.187. The number of rotatable bonds is 5. The highest BCUT2D eigenvalue weighted by atomic mass is 35.5. The van der Waals surface area contributed by atoms with Gasteiger partial charge in [0.1, 0.15) is 5.82 Å². The maximum atomic E-state index is 13.1. The van der Waals surface area contributed by atoms with Crippen molar-refractivity contribution in [2.75, 3.05) is 5.32 Å². The summed E-state index contributed by atoms with van der Waals surface area (Å²) in [4.78, 5) is 24.1. The van der Waals surface area contributed by atoms with E-state index in [4.69, 9.17) is 11.6 Å². The number of benzene rings is 2. The number of hydrogen-bond donors (Lipinski definition) is 3. The van der Waals surface area contributed by atoms with Crippen LogP contribution >= 0.6 is 11.6 Å². The summed E-state index contributed by atoms with van der Waals surface area (Å²) < 4.78 is 13.1. The lowest BCUT2D eigenvalue weighted by Crippen LogP contribution is -2.29. The molecule has 0 aliphatic heterocycles. The second kappa shape index (κ2) is 7.53. The van der Waals surface area contributed by atoms with E-state index < -0.39 is 6.03 Å². The third-order valence-corrected chi connectivity index (χ3v) is 4.05. The van der Waals surface area contributed by atoms with E-state index in [2.05, 4.69) is 16.0 Å². The molecule has 1 aliphatic carbocycles. The number of carbonyl (C=O) groups is 2. The molecule has 2 aromatic carbocycles. The summed E-state index contributed by atoms with van der Waals surface area (Å²) in [6.07, 6.45) is 1.95. The molecule has 3 amide bonds. The molecule has 7 heteroatoms. The van der Waals surface area contributed by atoms with Crippen LogP contribution in [0.15, 0.2) is 42.5 Å². The molecule has 1 fully saturated rings. The third-order valence-electron chi connectivity index (χ3n) is 3.72. The standard InChI is InChI=1S/C18H17ClFN3O2/c19-16-7-6-14(9-15(16)17(24)22-13-4-5-13)23-18(25)21-10-11-2-1-3-12(20)8-11/h1-3,6-9,13H,4-5,10H2,(H,22,24)(H2,21,23,25). The normalized spacial score (nSPS) is 13.2. The molecule has 0 atom stereocenters. The molecule has 3 N–H and O–H groups in total. The molecule has 0 heterocycles. The molecule has 0 aromatic heterocycles. The Hall–Kier alpha value is -2.60. The Morgan fingerprint density at radius 3 is 2.68 bits per heavy atom. The van der Waals surface area contributed by atoms with Crippen molar-refractivity contribution in [1.29, 1.82) is 0 Å². The first-order valence-electron chi connectivity index (χ1n) is 7.91. The van der Waals surface area contributed by atoms with Crippen LogP contribution in [0.4, 0.5) is 14.9 Å². The van der Waals surface area contributed by atoms with E-state index in [-0.39, 0.29) is 24.3 Å². The smallest absolute Gasteiger partial charge is 0.319 e. The number of carbonyl (C=O) groups excluding carboxylic acids is 2. The maximum absolute atomic E-state index is 13.1. The van der Waals surface area contributed by atoms with Gasteiger partial charge in [-0.05, 0) is 48.7 Å². The molecule has 0 spiro atoms. The van der Waals surface area contributed by atoms with Gasteiger partial charge in [0, 0.05) is 18.3 Å². The number of hydrogen-bond acceptors (Lipinski definition) is 2. The minimum atomic E-state index is -0.458. The highest BCUT2D eigenvalue weighted by Gasteiger charge is 2.24. The van der Waals surface area contributed by atoms with Crippen molar-refractivity contribution in [3.05, 3.63) is 64.4 Å². The van der Waals surface area contributed by atoms with Crippen molar-refractivity contribution < 1.29 is 14.0 Å². The van der Waals surface area contributed by atoms with E-state index >= 15 is 0 Å². The predicted molar refractivity (Wildman–Crippen MR) is 94.2 cm³/mol. The Morgan fingerprint density at radius 2 is 1.96 bits per heavy atom. The third kappa shape index (κ3) is 4.93. The van der Waals surface area contributed by atoms with Crippen LogP contribution in [0, 0.1) is 5.82 Å². The van der Waals surface area contributed by atoms with Gasteiger partial charge in [-0.25, -0.2) is 9.18 Å². The van der Waals surface area contributed by atoms with Crippen LogP contribution in [-0.4, -0.2) is 18.0 Å². The molecule has 130 valence electrons. The second-order valence-electron chi connectivity index (χ2n) is 5.88. The molecule has 0 unspecified atom stereocenters. The molecule has 0 radical (unpaired) electrons. The van der Waals surface area contributed by atoms with E-state index in [0.717, 1.165) is 12.8 Å². The molecule has 25 heavy (non-hydrogen) atoms. The van der Waals surface area contributed by atoms with Crippen LogP contribution in [0.25, 0.3) is 0 Å². The Kier molecular flexibility index (Phi) is 5.19. The highest BCUT2D eigenvalue weighted by Crippen LogP contribution is 2.24. The van der Waals surface area contributed by atoms with Gasteiger partial charge in [-0.15, -0.1) is 0 Å². The van der Waals surface area contributed by atoms with Gasteiger partial charge < -0.3 is 16.0 Å². The zero-order valence-corrected chi connectivity index (χ0v) is 14.1. The molecule has 5 nitrogen and oxygen atoms in total. The van der Waals surface area contributed by atoms with Crippen LogP contribution in [-0.2, 0) is 6.54 Å². The van der Waals surface area contributed by atoms with Crippen molar-refractivity contribution in [3.8, 4) is 0 Å². The maximum Gasteiger partial charge on any atom is 0.319 e. The Morgan fingerprint density at radius 1 is 1.16 bits per heavy atom. The largest absolute Gasteiger partial charge is 0.349 e. The summed E-state index contributed by atoms with van der Waals surface area (Å²) in [5, 5.41) is 8.44. The molecule has 3 rings (SSSR count). The Balaban J connectivity index is 1.59. The predicted octanol–water partition coefficient (Wildman–Crippen LogP) is 3.69. The van der Waals surface area contributed by atoms with Gasteiger partial charge >= 0.3 is 6.03 Å². The molecule has 0 saturated heterocycles. The minimum absolute atomic E-state index is 0.187. The number of halogens is 2. The van der Waals surface area contributed by atoms with Gasteiger partial charge in [-0.1, -0.05) is 23.7 Å². The van der Waals surface area contributed by atoms with Gasteiger partial charge in [0.05, 0.1) is 10.6 Å². The summed E-state index contributed by atoms with van der Waals surface area (Å²) in [6, 6.07) is 10.4. The second-order valence-corrected chi connectivity index (χ2v) is 6.29. The number of urea groups is 1. The van der Waals surface area contributed by atoms with Gasteiger partial charge in [0.25, 0.3) is 5.91 Å². The zero-order chi connectivity index (χ0) is 17.8. The highest BCUT2D eigenvalue weighted by molar-refractivity contribution is 6.34. The minimum Gasteiger partial charge on any atom is -0.349 e. The number of amides is 3. The van der Waals surface area contributed by atoms with E-state index in [1.165, 1.54) is 18.2 Å². The molecular weight excluding hydrogens is 345 g/mol. The first kappa shape index (κ1) is 17.2. The van der Waals surface area contributed by atoms with Crippen LogP contribution in [0.1, 0.15) is 28.8 Å². The summed E-state index contributed by atoms with van der Waals surface area (Å²) >= 11 is 6.06.